The van der Waals surface area contributed by atoms with Crippen LogP contribution in [-0.4, -0.2) is 68.2 Å². The lowest BCUT2D eigenvalue weighted by atomic mass is 9.83. The van der Waals surface area contributed by atoms with Gasteiger partial charge in [-0.3, -0.25) is 9.98 Å². The molecule has 0 atom stereocenters. The Bertz CT molecular complexity index is 1840. The second-order valence-corrected chi connectivity index (χ2v) is 14.9. The lowest BCUT2D eigenvalue weighted by Crippen LogP contribution is -2.08. The molecular weight excluding hydrogens is 652 g/mol. The number of hydrogen-bond acceptors (Lipinski definition) is 8. The van der Waals surface area contributed by atoms with Gasteiger partial charge in [0.1, 0.15) is 11.5 Å². The molecule has 4 aromatic rings. The van der Waals surface area contributed by atoms with Crippen LogP contribution in [0.15, 0.2) is 22.1 Å². The van der Waals surface area contributed by atoms with E-state index in [1.165, 1.54) is 0 Å². The largest absolute Gasteiger partial charge is 0.495 e. The van der Waals surface area contributed by atoms with Gasteiger partial charge in [-0.2, -0.15) is 0 Å². The summed E-state index contributed by atoms with van der Waals surface area (Å²) in [7, 11) is 10.2. The molecule has 0 N–H and O–H groups in total. The third-order valence-corrected chi connectivity index (χ3v) is 9.48. The summed E-state index contributed by atoms with van der Waals surface area (Å²) in [5.74, 6) is 5.13. The van der Waals surface area contributed by atoms with E-state index in [2.05, 4.69) is 81.4 Å². The van der Waals surface area contributed by atoms with Crippen LogP contribution in [0, 0.1) is 25.7 Å². The fraction of sp³-hybridized carbons (Fsp3) is 0.500. The Balaban J connectivity index is 2.36. The van der Waals surface area contributed by atoms with Gasteiger partial charge in [-0.15, -0.1) is 0 Å². The Labute approximate surface area is 311 Å². The van der Waals surface area contributed by atoms with E-state index in [9.17, 15) is 0 Å². The van der Waals surface area contributed by atoms with Crippen LogP contribution in [0.5, 0.6) is 34.5 Å². The van der Waals surface area contributed by atoms with Crippen molar-refractivity contribution in [3.8, 4) is 45.6 Å². The zero-order valence-corrected chi connectivity index (χ0v) is 34.4. The van der Waals surface area contributed by atoms with E-state index in [-0.39, 0.29) is 11.8 Å². The maximum absolute atomic E-state index is 6.52. The smallest absolute Gasteiger partial charge is 0.170 e. The van der Waals surface area contributed by atoms with Crippen LogP contribution >= 0.6 is 0 Å². The average molecular weight is 713 g/mol. The molecule has 8 nitrogen and oxygen atoms in total. The second kappa shape index (κ2) is 16.9. The van der Waals surface area contributed by atoms with Gasteiger partial charge >= 0.3 is 0 Å². The fourth-order valence-electron chi connectivity index (χ4n) is 7.44. The number of methoxy groups -OCH3 is 6. The van der Waals surface area contributed by atoms with E-state index in [1.54, 1.807) is 42.7 Å². The number of fused-ring (bicyclic) bond motifs is 2. The van der Waals surface area contributed by atoms with Gasteiger partial charge in [0.25, 0.3) is 0 Å². The summed E-state index contributed by atoms with van der Waals surface area (Å²) in [6, 6.07) is 4.49. The fourth-order valence-corrected chi connectivity index (χ4v) is 7.44. The molecule has 0 saturated carbocycles. The van der Waals surface area contributed by atoms with Crippen LogP contribution in [0.3, 0.4) is 0 Å². The summed E-state index contributed by atoms with van der Waals surface area (Å²) in [6.45, 7) is 22.9. The maximum atomic E-state index is 6.52. The minimum absolute atomic E-state index is 0.129. The Morgan fingerprint density at radius 2 is 0.788 bits per heavy atom. The van der Waals surface area contributed by atoms with Crippen LogP contribution in [-0.2, 0) is 0 Å². The quantitative estimate of drug-likeness (QED) is 0.114. The highest BCUT2D eigenvalue weighted by Crippen LogP contribution is 2.55. The van der Waals surface area contributed by atoms with Gasteiger partial charge in [-0.05, 0) is 59.4 Å². The Kier molecular flexibility index (Phi) is 13.1. The highest BCUT2D eigenvalue weighted by atomic mass is 16.5. The summed E-state index contributed by atoms with van der Waals surface area (Å²) in [5.41, 5.74) is 7.64. The monoisotopic (exact) mass is 712 g/mol. The number of aliphatic imine (C=N–C) groups is 2. The van der Waals surface area contributed by atoms with E-state index in [4.69, 9.17) is 38.4 Å². The molecule has 0 amide bonds. The molecule has 4 aromatic carbocycles. The van der Waals surface area contributed by atoms with E-state index in [0.29, 0.717) is 59.4 Å². The van der Waals surface area contributed by atoms with Gasteiger partial charge in [-0.25, -0.2) is 0 Å². The van der Waals surface area contributed by atoms with Crippen molar-refractivity contribution < 1.29 is 28.4 Å². The van der Waals surface area contributed by atoms with E-state index < -0.39 is 0 Å². The second-order valence-electron chi connectivity index (χ2n) is 14.9. The summed E-state index contributed by atoms with van der Waals surface area (Å²) < 4.78 is 37.5. The van der Waals surface area contributed by atoms with E-state index >= 15 is 0 Å². The lowest BCUT2D eigenvalue weighted by molar-refractivity contribution is 0.351. The number of aryl methyl sites for hydroxylation is 2. The van der Waals surface area contributed by atoms with Crippen LogP contribution in [0.25, 0.3) is 32.7 Å². The predicted octanol–water partition coefficient (Wildman–Crippen LogP) is 10.7. The van der Waals surface area contributed by atoms with Crippen molar-refractivity contribution in [2.45, 2.75) is 81.1 Å². The van der Waals surface area contributed by atoms with Gasteiger partial charge in [0.2, 0.25) is 0 Å². The number of nitrogens with zero attached hydrogens (tertiary/aromatic N) is 2. The molecule has 0 aliphatic heterocycles. The minimum Gasteiger partial charge on any atom is -0.495 e. The average Bonchev–Trinajstić information content (AvgIpc) is 3.08. The summed E-state index contributed by atoms with van der Waals surface area (Å²) in [4.78, 5) is 9.75. The maximum Gasteiger partial charge on any atom is 0.170 e. The molecule has 4 rings (SSSR count). The van der Waals surface area contributed by atoms with Gasteiger partial charge < -0.3 is 28.4 Å². The van der Waals surface area contributed by atoms with Gasteiger partial charge in [0.15, 0.2) is 23.0 Å². The van der Waals surface area contributed by atoms with Crippen molar-refractivity contribution in [2.24, 2.45) is 21.8 Å². The molecule has 0 aliphatic rings. The van der Waals surface area contributed by atoms with Gasteiger partial charge in [0, 0.05) is 69.7 Å². The highest BCUT2D eigenvalue weighted by Gasteiger charge is 2.31. The first-order valence-electron chi connectivity index (χ1n) is 18.3. The molecule has 0 radical (unpaired) electrons. The predicted molar refractivity (Wildman–Crippen MR) is 218 cm³/mol. The normalized spacial score (nSPS) is 12.2. The molecule has 8 heteroatoms. The third-order valence-electron chi connectivity index (χ3n) is 9.48. The van der Waals surface area contributed by atoms with Gasteiger partial charge in [0.05, 0.1) is 42.7 Å². The van der Waals surface area contributed by atoms with E-state index in [0.717, 1.165) is 66.1 Å². The number of hydrogen-bond donors (Lipinski definition) is 0. The molecule has 0 aliphatic carbocycles. The Morgan fingerprint density at radius 1 is 0.481 bits per heavy atom. The molecule has 0 saturated heterocycles. The van der Waals surface area contributed by atoms with Crippen LogP contribution in [0.2, 0.25) is 0 Å². The van der Waals surface area contributed by atoms with Crippen molar-refractivity contribution in [2.75, 3.05) is 55.7 Å². The summed E-state index contributed by atoms with van der Waals surface area (Å²) in [6.07, 6.45) is 3.82. The lowest BCUT2D eigenvalue weighted by Gasteiger charge is -2.27. The molecule has 282 valence electrons. The number of rotatable bonds is 15. The topological polar surface area (TPSA) is 80.1 Å². The van der Waals surface area contributed by atoms with Crippen LogP contribution in [0.1, 0.15) is 101 Å². The van der Waals surface area contributed by atoms with Gasteiger partial charge in [-0.1, -0.05) is 67.5 Å². The minimum atomic E-state index is 0.129. The van der Waals surface area contributed by atoms with Crippen LogP contribution < -0.4 is 28.4 Å². The van der Waals surface area contributed by atoms with Crippen molar-refractivity contribution in [1.82, 2.24) is 0 Å². The Morgan fingerprint density at radius 3 is 1.04 bits per heavy atom. The molecule has 52 heavy (non-hydrogen) atoms. The van der Waals surface area contributed by atoms with Crippen molar-refractivity contribution >= 4 is 34.0 Å². The Hall–Kier alpha value is -4.46. The standard InChI is InChI=1S/C44H60N2O6/c1-23(2)19-45-21-31-37-29(33(25(5)6)43(51-15)39(31)47-11)17-27(9)35(41(37)49-13)36-28(10)18-30-34(26(7)8)44(52-16)40(48-12)32(22-46-20-24(3)4)38(30)42(36)50-14/h17-18,21-26H,19-20H2,1-16H3. The first-order chi connectivity index (χ1) is 24.7. The molecule has 0 bridgehead atoms. The van der Waals surface area contributed by atoms with Crippen molar-refractivity contribution in [1.29, 1.82) is 0 Å². The number of ether oxygens (including phenoxy) is 6. The molecule has 0 unspecified atom stereocenters. The molecule has 0 fully saturated rings. The SMILES string of the molecule is COc1c(OC)c(C=NCC(C)C)c2c(OC)c(-c3c(C)cc4c(C(C)C)c(OC)c(OC)c(C=NCC(C)C)c4c3OC)c(C)cc2c1C(C)C. The molecule has 0 heterocycles. The molecular formula is C44H60N2O6. The zero-order chi connectivity index (χ0) is 38.6. The van der Waals surface area contributed by atoms with Crippen LogP contribution in [0.4, 0.5) is 0 Å². The van der Waals surface area contributed by atoms with Crippen molar-refractivity contribution in [3.05, 3.63) is 45.5 Å². The molecule has 0 aromatic heterocycles. The van der Waals surface area contributed by atoms with E-state index in [1.807, 2.05) is 12.4 Å². The number of benzene rings is 4. The summed E-state index contributed by atoms with van der Waals surface area (Å²) in [5, 5.41) is 3.88. The van der Waals surface area contributed by atoms with Crippen molar-refractivity contribution in [3.63, 3.8) is 0 Å². The first kappa shape index (κ1) is 40.3. The first-order valence-corrected chi connectivity index (χ1v) is 18.3. The summed E-state index contributed by atoms with van der Waals surface area (Å²) >= 11 is 0. The third kappa shape index (κ3) is 7.26. The zero-order valence-electron chi connectivity index (χ0n) is 34.4. The highest BCUT2D eigenvalue weighted by molar-refractivity contribution is 6.15. The molecule has 0 spiro atoms.